The first-order valence-corrected chi connectivity index (χ1v) is 6.46. The summed E-state index contributed by atoms with van der Waals surface area (Å²) in [5.41, 5.74) is 0.425. The molecule has 0 aromatic heterocycles. The van der Waals surface area contributed by atoms with Gasteiger partial charge in [-0.05, 0) is 24.8 Å². The molecule has 0 spiro atoms. The molecule has 1 atom stereocenters. The van der Waals surface area contributed by atoms with E-state index in [0.717, 1.165) is 24.8 Å². The normalized spacial score (nSPS) is 23.9. The summed E-state index contributed by atoms with van der Waals surface area (Å²) in [7, 11) is 0. The van der Waals surface area contributed by atoms with Crippen molar-refractivity contribution in [3.63, 3.8) is 0 Å². The zero-order chi connectivity index (χ0) is 13.0. The summed E-state index contributed by atoms with van der Waals surface area (Å²) < 4.78 is 0. The summed E-state index contributed by atoms with van der Waals surface area (Å²) >= 11 is 0. The van der Waals surface area contributed by atoms with Gasteiger partial charge in [-0.2, -0.15) is 0 Å². The minimum Gasteiger partial charge on any atom is -0.481 e. The van der Waals surface area contributed by atoms with Crippen molar-refractivity contribution in [3.8, 4) is 0 Å². The van der Waals surface area contributed by atoms with E-state index >= 15 is 0 Å². The second kappa shape index (κ2) is 5.34. The van der Waals surface area contributed by atoms with Crippen LogP contribution in [0.1, 0.15) is 44.1 Å². The van der Waals surface area contributed by atoms with Crippen molar-refractivity contribution in [3.05, 3.63) is 35.9 Å². The van der Waals surface area contributed by atoms with E-state index in [0.29, 0.717) is 12.8 Å². The molecule has 1 fully saturated rings. The van der Waals surface area contributed by atoms with E-state index in [9.17, 15) is 9.59 Å². The van der Waals surface area contributed by atoms with Crippen LogP contribution in [0, 0.1) is 0 Å². The number of hydrogen-bond donors (Lipinski definition) is 1. The lowest BCUT2D eigenvalue weighted by atomic mass is 9.66. The molecule has 0 heterocycles. The van der Waals surface area contributed by atoms with Crippen LogP contribution < -0.4 is 0 Å². The second-order valence-corrected chi connectivity index (χ2v) is 4.97. The lowest BCUT2D eigenvalue weighted by Gasteiger charge is -2.36. The highest BCUT2D eigenvalue weighted by Crippen LogP contribution is 2.40. The lowest BCUT2D eigenvalue weighted by molar-refractivity contribution is -0.138. The standard InChI is InChI=1S/C15H18O3/c16-13-8-4-5-10-15(13,11-9-14(17)18)12-6-2-1-3-7-12/h1-3,6-7H,4-5,8-11H2,(H,17,18). The Morgan fingerprint density at radius 1 is 1.22 bits per heavy atom. The molecule has 1 aliphatic carbocycles. The van der Waals surface area contributed by atoms with Crippen molar-refractivity contribution in [1.29, 1.82) is 0 Å². The summed E-state index contributed by atoms with van der Waals surface area (Å²) in [5.74, 6) is -0.620. The molecule has 3 nitrogen and oxygen atoms in total. The molecule has 0 aliphatic heterocycles. The Morgan fingerprint density at radius 2 is 1.94 bits per heavy atom. The first-order chi connectivity index (χ1) is 8.65. The molecule has 0 radical (unpaired) electrons. The maximum Gasteiger partial charge on any atom is 0.303 e. The summed E-state index contributed by atoms with van der Waals surface area (Å²) in [6.07, 6.45) is 3.77. The number of hydrogen-bond acceptors (Lipinski definition) is 2. The van der Waals surface area contributed by atoms with Crippen LogP contribution in [-0.4, -0.2) is 16.9 Å². The van der Waals surface area contributed by atoms with Crippen LogP contribution in [0.15, 0.2) is 30.3 Å². The molecule has 2 rings (SSSR count). The van der Waals surface area contributed by atoms with Crippen LogP contribution in [0.5, 0.6) is 0 Å². The van der Waals surface area contributed by atoms with Crippen LogP contribution in [0.25, 0.3) is 0 Å². The van der Waals surface area contributed by atoms with Gasteiger partial charge in [0.15, 0.2) is 0 Å². The Bertz CT molecular complexity index is 438. The smallest absolute Gasteiger partial charge is 0.303 e. The predicted octanol–water partition coefficient (Wildman–Crippen LogP) is 2.93. The Hall–Kier alpha value is -1.64. The van der Waals surface area contributed by atoms with Gasteiger partial charge in [0, 0.05) is 12.8 Å². The molecular weight excluding hydrogens is 228 g/mol. The van der Waals surface area contributed by atoms with E-state index in [2.05, 4.69) is 0 Å². The number of carboxylic acids is 1. The van der Waals surface area contributed by atoms with Gasteiger partial charge >= 0.3 is 5.97 Å². The number of carboxylic acid groups (broad SMARTS) is 1. The monoisotopic (exact) mass is 246 g/mol. The van der Waals surface area contributed by atoms with Crippen LogP contribution in [0.3, 0.4) is 0 Å². The number of carbonyl (C=O) groups excluding carboxylic acids is 1. The zero-order valence-corrected chi connectivity index (χ0v) is 10.4. The van der Waals surface area contributed by atoms with Gasteiger partial charge in [-0.15, -0.1) is 0 Å². The third-order valence-electron chi connectivity index (χ3n) is 3.88. The molecular formula is C15H18O3. The predicted molar refractivity (Wildman–Crippen MR) is 68.5 cm³/mol. The largest absolute Gasteiger partial charge is 0.481 e. The van der Waals surface area contributed by atoms with Gasteiger partial charge in [-0.3, -0.25) is 9.59 Å². The number of ketones is 1. The SMILES string of the molecule is O=C(O)CCC1(c2ccccc2)CCCCC1=O. The summed E-state index contributed by atoms with van der Waals surface area (Å²) in [4.78, 5) is 23.1. The van der Waals surface area contributed by atoms with Gasteiger partial charge < -0.3 is 5.11 Å². The Balaban J connectivity index is 2.32. The van der Waals surface area contributed by atoms with Crippen molar-refractivity contribution in [2.45, 2.75) is 43.9 Å². The Kier molecular flexibility index (Phi) is 3.80. The number of carbonyl (C=O) groups is 2. The molecule has 1 aromatic rings. The first kappa shape index (κ1) is 12.8. The molecule has 0 saturated heterocycles. The fourth-order valence-corrected chi connectivity index (χ4v) is 2.88. The van der Waals surface area contributed by atoms with Crippen LogP contribution in [0.2, 0.25) is 0 Å². The number of aliphatic carboxylic acids is 1. The van der Waals surface area contributed by atoms with E-state index in [1.165, 1.54) is 0 Å². The molecule has 96 valence electrons. The summed E-state index contributed by atoms with van der Waals surface area (Å²) in [5, 5.41) is 8.88. The van der Waals surface area contributed by atoms with Gasteiger partial charge in [0.25, 0.3) is 0 Å². The average Bonchev–Trinajstić information content (AvgIpc) is 2.39. The van der Waals surface area contributed by atoms with Gasteiger partial charge in [-0.1, -0.05) is 36.8 Å². The second-order valence-electron chi connectivity index (χ2n) is 4.97. The highest BCUT2D eigenvalue weighted by molar-refractivity contribution is 5.91. The van der Waals surface area contributed by atoms with Crippen molar-refractivity contribution < 1.29 is 14.7 Å². The number of benzene rings is 1. The molecule has 1 N–H and O–H groups in total. The fourth-order valence-electron chi connectivity index (χ4n) is 2.88. The molecule has 3 heteroatoms. The van der Waals surface area contributed by atoms with E-state index in [1.54, 1.807) is 0 Å². The molecule has 18 heavy (non-hydrogen) atoms. The van der Waals surface area contributed by atoms with Crippen LogP contribution in [0.4, 0.5) is 0 Å². The van der Waals surface area contributed by atoms with E-state index < -0.39 is 11.4 Å². The molecule has 0 bridgehead atoms. The van der Waals surface area contributed by atoms with Gasteiger partial charge in [-0.25, -0.2) is 0 Å². The summed E-state index contributed by atoms with van der Waals surface area (Å²) in [6.45, 7) is 0. The van der Waals surface area contributed by atoms with Gasteiger partial charge in [0.2, 0.25) is 0 Å². The highest BCUT2D eigenvalue weighted by atomic mass is 16.4. The number of Topliss-reactive ketones (excluding diaryl/α,β-unsaturated/α-hetero) is 1. The molecule has 1 saturated carbocycles. The minimum atomic E-state index is -0.830. The van der Waals surface area contributed by atoms with Crippen molar-refractivity contribution >= 4 is 11.8 Å². The van der Waals surface area contributed by atoms with Crippen LogP contribution in [-0.2, 0) is 15.0 Å². The molecule has 0 amide bonds. The van der Waals surface area contributed by atoms with Crippen molar-refractivity contribution in [2.75, 3.05) is 0 Å². The topological polar surface area (TPSA) is 54.4 Å². The lowest BCUT2D eigenvalue weighted by Crippen LogP contribution is -2.39. The maximum absolute atomic E-state index is 12.3. The van der Waals surface area contributed by atoms with Crippen molar-refractivity contribution in [1.82, 2.24) is 0 Å². The molecule has 1 unspecified atom stereocenters. The van der Waals surface area contributed by atoms with Crippen LogP contribution >= 0.6 is 0 Å². The first-order valence-electron chi connectivity index (χ1n) is 6.46. The van der Waals surface area contributed by atoms with E-state index in [4.69, 9.17) is 5.11 Å². The Morgan fingerprint density at radius 3 is 2.56 bits per heavy atom. The minimum absolute atomic E-state index is 0.0562. The Labute approximate surface area is 107 Å². The van der Waals surface area contributed by atoms with Gasteiger partial charge in [0.05, 0.1) is 5.41 Å². The van der Waals surface area contributed by atoms with E-state index in [-0.39, 0.29) is 12.2 Å². The fraction of sp³-hybridized carbons (Fsp3) is 0.467. The number of rotatable bonds is 4. The summed E-state index contributed by atoms with van der Waals surface area (Å²) in [6, 6.07) is 9.65. The third kappa shape index (κ3) is 2.45. The quantitative estimate of drug-likeness (QED) is 0.888. The third-order valence-corrected chi connectivity index (χ3v) is 3.88. The highest BCUT2D eigenvalue weighted by Gasteiger charge is 2.41. The van der Waals surface area contributed by atoms with Gasteiger partial charge in [0.1, 0.15) is 5.78 Å². The molecule has 1 aliphatic rings. The van der Waals surface area contributed by atoms with Crippen molar-refractivity contribution in [2.24, 2.45) is 0 Å². The van der Waals surface area contributed by atoms with E-state index in [1.807, 2.05) is 30.3 Å². The molecule has 1 aromatic carbocycles. The maximum atomic E-state index is 12.3. The zero-order valence-electron chi connectivity index (χ0n) is 10.4. The average molecular weight is 246 g/mol.